The minimum Gasteiger partial charge on any atom is -0.506 e. The molecule has 5 heteroatoms. The van der Waals surface area contributed by atoms with E-state index in [9.17, 15) is 14.7 Å². The van der Waals surface area contributed by atoms with Gasteiger partial charge in [0.15, 0.2) is 11.4 Å². The van der Waals surface area contributed by atoms with Crippen LogP contribution in [-0.4, -0.2) is 16.5 Å². The minimum atomic E-state index is -0.644. The lowest BCUT2D eigenvalue weighted by Gasteiger charge is -2.30. The average Bonchev–Trinajstić information content (AvgIpc) is 2.72. The zero-order valence-electron chi connectivity index (χ0n) is 17.1. The number of aromatic hydroxyl groups is 1. The van der Waals surface area contributed by atoms with Gasteiger partial charge < -0.3 is 14.3 Å². The normalized spacial score (nSPS) is 14.2. The van der Waals surface area contributed by atoms with Crippen LogP contribution in [0.2, 0.25) is 0 Å². The Kier molecular flexibility index (Phi) is 4.61. The number of allylic oxidation sites excluding steroid dienone is 1. The molecule has 4 rings (SSSR count). The summed E-state index contributed by atoms with van der Waals surface area (Å²) in [6.45, 7) is 9.37. The third-order valence-corrected chi connectivity index (χ3v) is 5.23. The van der Waals surface area contributed by atoms with Crippen molar-refractivity contribution in [3.63, 3.8) is 0 Å². The maximum Gasteiger partial charge on any atom is 0.336 e. The topological polar surface area (TPSA) is 76.7 Å². The Bertz CT molecular complexity index is 1280. The van der Waals surface area contributed by atoms with Gasteiger partial charge in [-0.1, -0.05) is 43.8 Å². The summed E-state index contributed by atoms with van der Waals surface area (Å²) in [4.78, 5) is 25.6. The van der Waals surface area contributed by atoms with Crippen LogP contribution in [0.15, 0.2) is 63.8 Å². The van der Waals surface area contributed by atoms with Crippen LogP contribution in [0.25, 0.3) is 28.2 Å². The van der Waals surface area contributed by atoms with Crippen LogP contribution in [0, 0.1) is 0 Å². The molecule has 30 heavy (non-hydrogen) atoms. The van der Waals surface area contributed by atoms with Crippen LogP contribution in [-0.2, 0) is 0 Å². The second-order valence-electron chi connectivity index (χ2n) is 7.84. The third kappa shape index (κ3) is 3.12. The first-order valence-corrected chi connectivity index (χ1v) is 9.76. The van der Waals surface area contributed by atoms with E-state index >= 15 is 0 Å². The summed E-state index contributed by atoms with van der Waals surface area (Å²) < 4.78 is 11.7. The molecule has 2 heterocycles. The van der Waals surface area contributed by atoms with Crippen molar-refractivity contribution in [2.75, 3.05) is 0 Å². The fourth-order valence-electron chi connectivity index (χ4n) is 3.61. The number of carbonyl (C=O) groups is 1. The first-order valence-electron chi connectivity index (χ1n) is 9.76. The molecule has 0 saturated carbocycles. The van der Waals surface area contributed by atoms with E-state index in [4.69, 9.17) is 9.15 Å². The Morgan fingerprint density at radius 1 is 1.20 bits per heavy atom. The number of Topliss-reactive ketones (excluding diaryl/α,β-unsaturated/α-hetero) is 1. The number of hydrogen-bond donors (Lipinski definition) is 1. The van der Waals surface area contributed by atoms with Crippen molar-refractivity contribution >= 4 is 22.8 Å². The molecule has 0 spiro atoms. The van der Waals surface area contributed by atoms with Crippen molar-refractivity contribution in [2.24, 2.45) is 0 Å². The molecule has 2 aromatic carbocycles. The summed E-state index contributed by atoms with van der Waals surface area (Å²) in [5.41, 5.74) is 0.687. The monoisotopic (exact) mass is 402 g/mol. The number of ether oxygens (including phenoxy) is 1. The van der Waals surface area contributed by atoms with Crippen molar-refractivity contribution in [1.29, 1.82) is 0 Å². The highest BCUT2D eigenvalue weighted by Gasteiger charge is 2.33. The highest BCUT2D eigenvalue weighted by molar-refractivity contribution is 6.20. The number of rotatable bonds is 4. The summed E-state index contributed by atoms with van der Waals surface area (Å²) in [5.74, 6) is -0.372. The van der Waals surface area contributed by atoms with Gasteiger partial charge in [0.05, 0.1) is 10.9 Å². The van der Waals surface area contributed by atoms with Crippen LogP contribution in [0.4, 0.5) is 0 Å². The molecular formula is C25H22O5. The van der Waals surface area contributed by atoms with Gasteiger partial charge in [0.25, 0.3) is 0 Å². The SMILES string of the molecule is C=C(CC)C(=O)c1c(O)c2c(c3c(-c4ccccc4)cc(=O)oc13)OC(C)(C)C=C2. The van der Waals surface area contributed by atoms with Crippen molar-refractivity contribution in [3.05, 3.63) is 76.2 Å². The summed E-state index contributed by atoms with van der Waals surface area (Å²) in [7, 11) is 0. The Morgan fingerprint density at radius 3 is 2.57 bits per heavy atom. The highest BCUT2D eigenvalue weighted by atomic mass is 16.5. The van der Waals surface area contributed by atoms with E-state index in [1.54, 1.807) is 13.0 Å². The second kappa shape index (κ2) is 7.02. The lowest BCUT2D eigenvalue weighted by Crippen LogP contribution is -2.28. The Balaban J connectivity index is 2.22. The Hall–Kier alpha value is -3.60. The molecule has 1 aromatic heterocycles. The fourth-order valence-corrected chi connectivity index (χ4v) is 3.61. The quantitative estimate of drug-likeness (QED) is 0.354. The van der Waals surface area contributed by atoms with Crippen molar-refractivity contribution in [1.82, 2.24) is 0 Å². The molecule has 0 atom stereocenters. The number of phenols is 1. The second-order valence-corrected chi connectivity index (χ2v) is 7.84. The standard InChI is InChI=1S/C25H22O5/c1-5-14(2)21(27)20-22(28)16-11-12-25(3,4)30-23(16)19-17(13-18(26)29-24(19)20)15-9-7-6-8-10-15/h6-13,28H,2,5H2,1,3-4H3. The van der Waals surface area contributed by atoms with Crippen LogP contribution in [0.5, 0.6) is 11.5 Å². The summed E-state index contributed by atoms with van der Waals surface area (Å²) >= 11 is 0. The molecule has 0 radical (unpaired) electrons. The first-order chi connectivity index (χ1) is 14.2. The van der Waals surface area contributed by atoms with E-state index in [1.807, 2.05) is 50.3 Å². The Labute approximate surface area is 173 Å². The van der Waals surface area contributed by atoms with Crippen molar-refractivity contribution < 1.29 is 19.1 Å². The molecule has 0 fully saturated rings. The van der Waals surface area contributed by atoms with Gasteiger partial charge in [-0.05, 0) is 43.6 Å². The minimum absolute atomic E-state index is 0.00306. The Morgan fingerprint density at radius 2 is 1.90 bits per heavy atom. The van der Waals surface area contributed by atoms with Crippen LogP contribution in [0.1, 0.15) is 43.1 Å². The maximum atomic E-state index is 13.1. The van der Waals surface area contributed by atoms with Gasteiger partial charge in [-0.25, -0.2) is 4.79 Å². The van der Waals surface area contributed by atoms with Gasteiger partial charge in [0.1, 0.15) is 22.7 Å². The van der Waals surface area contributed by atoms with E-state index in [-0.39, 0.29) is 16.9 Å². The molecule has 0 saturated heterocycles. The van der Waals surface area contributed by atoms with E-state index < -0.39 is 17.0 Å². The van der Waals surface area contributed by atoms with Gasteiger partial charge in [-0.2, -0.15) is 0 Å². The van der Waals surface area contributed by atoms with Gasteiger partial charge in [0, 0.05) is 11.6 Å². The number of ketones is 1. The van der Waals surface area contributed by atoms with E-state index in [2.05, 4.69) is 6.58 Å². The molecule has 0 bridgehead atoms. The number of phenolic OH excluding ortho intramolecular Hbond substituents is 1. The predicted molar refractivity (Wildman–Crippen MR) is 117 cm³/mol. The highest BCUT2D eigenvalue weighted by Crippen LogP contribution is 2.48. The number of carbonyl (C=O) groups excluding carboxylic acids is 1. The zero-order valence-corrected chi connectivity index (χ0v) is 17.1. The van der Waals surface area contributed by atoms with E-state index in [0.717, 1.165) is 5.56 Å². The fraction of sp³-hybridized carbons (Fsp3) is 0.200. The zero-order chi connectivity index (χ0) is 21.6. The van der Waals surface area contributed by atoms with Gasteiger partial charge >= 0.3 is 5.63 Å². The number of benzene rings is 2. The van der Waals surface area contributed by atoms with Crippen LogP contribution < -0.4 is 10.4 Å². The van der Waals surface area contributed by atoms with Crippen molar-refractivity contribution in [3.8, 4) is 22.6 Å². The molecule has 1 aliphatic heterocycles. The molecule has 1 aliphatic rings. The maximum absolute atomic E-state index is 13.1. The summed E-state index contributed by atoms with van der Waals surface area (Å²) in [6.07, 6.45) is 3.95. The molecule has 3 aromatic rings. The number of hydrogen-bond acceptors (Lipinski definition) is 5. The molecule has 0 unspecified atom stereocenters. The molecule has 152 valence electrons. The summed E-state index contributed by atoms with van der Waals surface area (Å²) in [6, 6.07) is 10.7. The molecule has 1 N–H and O–H groups in total. The third-order valence-electron chi connectivity index (χ3n) is 5.23. The van der Waals surface area contributed by atoms with Crippen LogP contribution >= 0.6 is 0 Å². The smallest absolute Gasteiger partial charge is 0.336 e. The van der Waals surface area contributed by atoms with Crippen molar-refractivity contribution in [2.45, 2.75) is 32.8 Å². The number of fused-ring (bicyclic) bond motifs is 3. The van der Waals surface area contributed by atoms with Crippen LogP contribution in [0.3, 0.4) is 0 Å². The lowest BCUT2D eigenvalue weighted by molar-refractivity contribution is 0.103. The van der Waals surface area contributed by atoms with Gasteiger partial charge in [0.2, 0.25) is 0 Å². The molecular weight excluding hydrogens is 380 g/mol. The molecule has 0 aliphatic carbocycles. The predicted octanol–water partition coefficient (Wildman–Crippen LogP) is 5.50. The van der Waals surface area contributed by atoms with Gasteiger partial charge in [-0.15, -0.1) is 0 Å². The average molecular weight is 402 g/mol. The lowest BCUT2D eigenvalue weighted by atomic mass is 9.90. The molecule has 5 nitrogen and oxygen atoms in total. The first kappa shape index (κ1) is 19.7. The van der Waals surface area contributed by atoms with E-state index in [0.29, 0.717) is 34.3 Å². The summed E-state index contributed by atoms with van der Waals surface area (Å²) in [5, 5.41) is 11.5. The largest absolute Gasteiger partial charge is 0.506 e. The molecule has 0 amide bonds. The van der Waals surface area contributed by atoms with E-state index in [1.165, 1.54) is 6.07 Å². The van der Waals surface area contributed by atoms with Gasteiger partial charge in [-0.3, -0.25) is 4.79 Å².